The third-order valence-electron chi connectivity index (χ3n) is 2.31. The van der Waals surface area contributed by atoms with Crippen LogP contribution < -0.4 is 16.0 Å². The number of carbonyl (C=O) groups excluding carboxylic acids is 1. The van der Waals surface area contributed by atoms with Crippen molar-refractivity contribution < 1.29 is 4.79 Å². The zero-order valence-electron chi connectivity index (χ0n) is 10.1. The SMILES string of the molecule is CCCNC(=O)c1cc(NC)cc(NC)c1. The zero-order chi connectivity index (χ0) is 12.0. The molecule has 0 unspecified atom stereocenters. The monoisotopic (exact) mass is 221 g/mol. The van der Waals surface area contributed by atoms with E-state index in [0.717, 1.165) is 17.8 Å². The van der Waals surface area contributed by atoms with E-state index in [1.54, 1.807) is 0 Å². The van der Waals surface area contributed by atoms with Crippen molar-refractivity contribution in [3.63, 3.8) is 0 Å². The van der Waals surface area contributed by atoms with Crippen molar-refractivity contribution >= 4 is 17.3 Å². The number of hydrogen-bond acceptors (Lipinski definition) is 3. The number of amides is 1. The molecule has 0 aliphatic heterocycles. The van der Waals surface area contributed by atoms with Crippen molar-refractivity contribution in [1.82, 2.24) is 5.32 Å². The summed E-state index contributed by atoms with van der Waals surface area (Å²) in [4.78, 5) is 11.8. The van der Waals surface area contributed by atoms with Crippen LogP contribution in [0.3, 0.4) is 0 Å². The minimum absolute atomic E-state index is 0.0320. The van der Waals surface area contributed by atoms with Gasteiger partial charge in [0.25, 0.3) is 5.91 Å². The first-order valence-corrected chi connectivity index (χ1v) is 5.50. The summed E-state index contributed by atoms with van der Waals surface area (Å²) in [5, 5.41) is 8.92. The molecule has 1 aromatic rings. The third-order valence-corrected chi connectivity index (χ3v) is 2.31. The quantitative estimate of drug-likeness (QED) is 0.712. The number of hydrogen-bond donors (Lipinski definition) is 3. The highest BCUT2D eigenvalue weighted by Gasteiger charge is 2.07. The molecule has 0 heterocycles. The molecule has 4 nitrogen and oxygen atoms in total. The molecule has 0 spiro atoms. The van der Waals surface area contributed by atoms with Gasteiger partial charge in [0, 0.05) is 37.6 Å². The number of rotatable bonds is 5. The van der Waals surface area contributed by atoms with Gasteiger partial charge in [-0.1, -0.05) is 6.92 Å². The van der Waals surface area contributed by atoms with Crippen molar-refractivity contribution in [3.8, 4) is 0 Å². The minimum atomic E-state index is -0.0320. The Balaban J connectivity index is 2.89. The van der Waals surface area contributed by atoms with Gasteiger partial charge in [-0.25, -0.2) is 0 Å². The van der Waals surface area contributed by atoms with Gasteiger partial charge < -0.3 is 16.0 Å². The van der Waals surface area contributed by atoms with E-state index in [2.05, 4.69) is 16.0 Å². The van der Waals surface area contributed by atoms with Gasteiger partial charge in [0.15, 0.2) is 0 Å². The summed E-state index contributed by atoms with van der Waals surface area (Å²) in [5.41, 5.74) is 2.52. The maximum absolute atomic E-state index is 11.8. The second kappa shape index (κ2) is 6.00. The fourth-order valence-corrected chi connectivity index (χ4v) is 1.39. The summed E-state index contributed by atoms with van der Waals surface area (Å²) in [7, 11) is 3.67. The van der Waals surface area contributed by atoms with Crippen LogP contribution in [0, 0.1) is 0 Å². The topological polar surface area (TPSA) is 53.2 Å². The molecule has 0 saturated heterocycles. The van der Waals surface area contributed by atoms with Crippen LogP contribution in [0.4, 0.5) is 11.4 Å². The lowest BCUT2D eigenvalue weighted by Gasteiger charge is -2.09. The van der Waals surface area contributed by atoms with Gasteiger partial charge in [-0.3, -0.25) is 4.79 Å². The van der Waals surface area contributed by atoms with E-state index in [1.165, 1.54) is 0 Å². The van der Waals surface area contributed by atoms with Crippen LogP contribution in [0.25, 0.3) is 0 Å². The highest BCUT2D eigenvalue weighted by molar-refractivity contribution is 5.96. The largest absolute Gasteiger partial charge is 0.388 e. The molecular formula is C12H19N3O. The predicted molar refractivity (Wildman–Crippen MR) is 68.2 cm³/mol. The molecule has 0 atom stereocenters. The number of anilines is 2. The fourth-order valence-electron chi connectivity index (χ4n) is 1.39. The second-order valence-corrected chi connectivity index (χ2v) is 3.55. The van der Waals surface area contributed by atoms with Gasteiger partial charge in [-0.05, 0) is 24.6 Å². The van der Waals surface area contributed by atoms with Crippen molar-refractivity contribution in [3.05, 3.63) is 23.8 Å². The highest BCUT2D eigenvalue weighted by Crippen LogP contribution is 2.18. The summed E-state index contributed by atoms with van der Waals surface area (Å²) >= 11 is 0. The first kappa shape index (κ1) is 12.4. The summed E-state index contributed by atoms with van der Waals surface area (Å²) in [5.74, 6) is -0.0320. The van der Waals surface area contributed by atoms with Crippen LogP contribution in [-0.2, 0) is 0 Å². The second-order valence-electron chi connectivity index (χ2n) is 3.55. The van der Waals surface area contributed by atoms with Gasteiger partial charge in [0.2, 0.25) is 0 Å². The Morgan fingerprint density at radius 2 is 1.69 bits per heavy atom. The number of benzene rings is 1. The summed E-state index contributed by atoms with van der Waals surface area (Å²) in [6, 6.07) is 5.63. The lowest BCUT2D eigenvalue weighted by Crippen LogP contribution is -2.24. The Morgan fingerprint density at radius 3 is 2.12 bits per heavy atom. The molecule has 0 fully saturated rings. The van der Waals surface area contributed by atoms with Gasteiger partial charge in [-0.2, -0.15) is 0 Å². The van der Waals surface area contributed by atoms with E-state index in [9.17, 15) is 4.79 Å². The lowest BCUT2D eigenvalue weighted by atomic mass is 10.1. The average molecular weight is 221 g/mol. The summed E-state index contributed by atoms with van der Waals surface area (Å²) in [6.07, 6.45) is 0.941. The van der Waals surface area contributed by atoms with E-state index in [-0.39, 0.29) is 5.91 Å². The zero-order valence-corrected chi connectivity index (χ0v) is 10.1. The van der Waals surface area contributed by atoms with E-state index in [0.29, 0.717) is 12.1 Å². The molecule has 88 valence electrons. The Kier molecular flexibility index (Phi) is 4.64. The van der Waals surface area contributed by atoms with Crippen LogP contribution in [0.15, 0.2) is 18.2 Å². The molecular weight excluding hydrogens is 202 g/mol. The Bertz CT molecular complexity index is 341. The van der Waals surface area contributed by atoms with Crippen molar-refractivity contribution in [2.45, 2.75) is 13.3 Å². The van der Waals surface area contributed by atoms with E-state index >= 15 is 0 Å². The molecule has 0 radical (unpaired) electrons. The minimum Gasteiger partial charge on any atom is -0.388 e. The summed E-state index contributed by atoms with van der Waals surface area (Å²) < 4.78 is 0. The predicted octanol–water partition coefficient (Wildman–Crippen LogP) is 1.91. The van der Waals surface area contributed by atoms with Gasteiger partial charge in [-0.15, -0.1) is 0 Å². The fraction of sp³-hybridized carbons (Fsp3) is 0.417. The average Bonchev–Trinajstić information content (AvgIpc) is 2.35. The molecule has 1 amide bonds. The van der Waals surface area contributed by atoms with Crippen LogP contribution in [0.5, 0.6) is 0 Å². The highest BCUT2D eigenvalue weighted by atomic mass is 16.1. The normalized spacial score (nSPS) is 9.69. The molecule has 0 saturated carbocycles. The molecule has 4 heteroatoms. The molecule has 0 bridgehead atoms. The van der Waals surface area contributed by atoms with Crippen LogP contribution in [-0.4, -0.2) is 26.5 Å². The maximum atomic E-state index is 11.8. The number of nitrogens with one attached hydrogen (secondary N) is 3. The molecule has 0 aliphatic carbocycles. The Labute approximate surface area is 96.4 Å². The van der Waals surface area contributed by atoms with Crippen LogP contribution in [0.2, 0.25) is 0 Å². The lowest BCUT2D eigenvalue weighted by molar-refractivity contribution is 0.0954. The Hall–Kier alpha value is -1.71. The van der Waals surface area contributed by atoms with E-state index in [4.69, 9.17) is 0 Å². The molecule has 1 aromatic carbocycles. The van der Waals surface area contributed by atoms with Crippen molar-refractivity contribution in [2.24, 2.45) is 0 Å². The maximum Gasteiger partial charge on any atom is 0.251 e. The first-order chi connectivity index (χ1) is 7.71. The van der Waals surface area contributed by atoms with Crippen molar-refractivity contribution in [2.75, 3.05) is 31.3 Å². The molecule has 3 N–H and O–H groups in total. The van der Waals surface area contributed by atoms with Gasteiger partial charge in [0.05, 0.1) is 0 Å². The Morgan fingerprint density at radius 1 is 1.12 bits per heavy atom. The van der Waals surface area contributed by atoms with Gasteiger partial charge >= 0.3 is 0 Å². The molecule has 0 aromatic heterocycles. The van der Waals surface area contributed by atoms with Crippen LogP contribution in [0.1, 0.15) is 23.7 Å². The van der Waals surface area contributed by atoms with E-state index < -0.39 is 0 Å². The van der Waals surface area contributed by atoms with E-state index in [1.807, 2.05) is 39.2 Å². The van der Waals surface area contributed by atoms with Crippen LogP contribution >= 0.6 is 0 Å². The number of carbonyl (C=O) groups is 1. The third kappa shape index (κ3) is 3.15. The molecule has 0 aliphatic rings. The molecule has 1 rings (SSSR count). The standard InChI is InChI=1S/C12H19N3O/c1-4-5-15-12(16)9-6-10(13-2)8-11(7-9)14-3/h6-8,13-14H,4-5H2,1-3H3,(H,15,16). The molecule has 16 heavy (non-hydrogen) atoms. The van der Waals surface area contributed by atoms with Crippen molar-refractivity contribution in [1.29, 1.82) is 0 Å². The summed E-state index contributed by atoms with van der Waals surface area (Å²) in [6.45, 7) is 2.74. The smallest absolute Gasteiger partial charge is 0.251 e. The van der Waals surface area contributed by atoms with Gasteiger partial charge in [0.1, 0.15) is 0 Å². The first-order valence-electron chi connectivity index (χ1n) is 5.50.